The van der Waals surface area contributed by atoms with Crippen molar-refractivity contribution in [2.45, 2.75) is 91.4 Å². The Morgan fingerprint density at radius 1 is 0.532 bits per heavy atom. The third-order valence-corrected chi connectivity index (χ3v) is 8.84. The minimum absolute atomic E-state index is 0.0987. The molecule has 17 nitrogen and oxygen atoms in total. The third kappa shape index (κ3) is 30.0. The molecule has 0 aromatic heterocycles. The molecule has 2 rings (SSSR count). The fraction of sp³-hybridized carbons (Fsp3) is 0.600. The number of benzene rings is 2. The first-order valence-electron chi connectivity index (χ1n) is 21.5. The Balaban J connectivity index is 1.40. The van der Waals surface area contributed by atoms with Crippen molar-refractivity contribution in [1.29, 1.82) is 0 Å². The first kappa shape index (κ1) is 53.0. The zero-order chi connectivity index (χ0) is 45.1. The minimum atomic E-state index is -0.756. The average molecular weight is 872 g/mol. The standard InChI is InChI=1S/C45H69N5O12/c1-45(2,3)20-12-22-49-43(55)38(50-44(56)62-35-37-15-8-5-9-16-37)17-10-11-21-46-39(51)18-25-57-29-31-59-27-23-47-40(52)19-26-58-30-32-60-28-24-48-41(53)33-42(54)61-34-36-13-6-4-7-14-36/h4-9,13-16,38H,10-12,17-35H2,1-3H3,(H,46,51)(H,47,52)(H,48,53)(H,49,55)(H,50,56)/t38-/m0/s1. The molecule has 0 saturated heterocycles. The Morgan fingerprint density at radius 2 is 1.02 bits per heavy atom. The van der Waals surface area contributed by atoms with E-state index in [4.69, 9.17) is 28.4 Å². The summed E-state index contributed by atoms with van der Waals surface area (Å²) in [5.41, 5.74) is 1.85. The van der Waals surface area contributed by atoms with E-state index in [1.807, 2.05) is 60.7 Å². The number of hydrogen-bond donors (Lipinski definition) is 5. The molecule has 62 heavy (non-hydrogen) atoms. The third-order valence-electron chi connectivity index (χ3n) is 8.84. The lowest BCUT2D eigenvalue weighted by Crippen LogP contribution is -2.47. The Kier molecular flexibility index (Phi) is 28.7. The van der Waals surface area contributed by atoms with Gasteiger partial charge in [0.05, 0.1) is 52.9 Å². The summed E-state index contributed by atoms with van der Waals surface area (Å²) in [5, 5.41) is 13.8. The van der Waals surface area contributed by atoms with Crippen molar-refractivity contribution in [2.24, 2.45) is 5.41 Å². The molecule has 0 spiro atoms. The molecule has 2 aromatic rings. The van der Waals surface area contributed by atoms with Gasteiger partial charge in [0.15, 0.2) is 0 Å². The maximum Gasteiger partial charge on any atom is 0.408 e. The Labute approximate surface area is 366 Å². The van der Waals surface area contributed by atoms with Gasteiger partial charge in [-0.3, -0.25) is 24.0 Å². The molecule has 0 aliphatic rings. The molecule has 1 atom stereocenters. The van der Waals surface area contributed by atoms with Crippen LogP contribution >= 0.6 is 0 Å². The van der Waals surface area contributed by atoms with E-state index in [-0.39, 0.29) is 95.2 Å². The van der Waals surface area contributed by atoms with E-state index in [1.165, 1.54) is 0 Å². The number of rotatable bonds is 34. The highest BCUT2D eigenvalue weighted by molar-refractivity contribution is 5.94. The van der Waals surface area contributed by atoms with E-state index in [0.717, 1.165) is 24.0 Å². The Morgan fingerprint density at radius 3 is 1.56 bits per heavy atom. The lowest BCUT2D eigenvalue weighted by molar-refractivity contribution is -0.147. The van der Waals surface area contributed by atoms with Crippen LogP contribution in [0.2, 0.25) is 0 Å². The quantitative estimate of drug-likeness (QED) is 0.0387. The van der Waals surface area contributed by atoms with Crippen LogP contribution in [0.5, 0.6) is 0 Å². The predicted octanol–water partition coefficient (Wildman–Crippen LogP) is 3.72. The Bertz CT molecular complexity index is 1560. The van der Waals surface area contributed by atoms with Crippen molar-refractivity contribution < 1.29 is 57.2 Å². The van der Waals surface area contributed by atoms with Crippen molar-refractivity contribution in [1.82, 2.24) is 26.6 Å². The van der Waals surface area contributed by atoms with Crippen LogP contribution in [0.1, 0.15) is 83.3 Å². The number of nitrogens with one attached hydrogen (secondary N) is 5. The fourth-order valence-corrected chi connectivity index (χ4v) is 5.49. The predicted molar refractivity (Wildman–Crippen MR) is 231 cm³/mol. The number of unbranched alkanes of at least 4 members (excludes halogenated alkanes) is 1. The second kappa shape index (κ2) is 33.5. The number of hydrogen-bond acceptors (Lipinski definition) is 12. The molecule has 2 aromatic carbocycles. The summed E-state index contributed by atoms with van der Waals surface area (Å²) in [6, 6.07) is 17.7. The van der Waals surface area contributed by atoms with Gasteiger partial charge in [0.25, 0.3) is 0 Å². The van der Waals surface area contributed by atoms with Crippen LogP contribution in [-0.2, 0) is 65.6 Å². The lowest BCUT2D eigenvalue weighted by Gasteiger charge is -2.20. The molecule has 0 heterocycles. The largest absolute Gasteiger partial charge is 0.460 e. The highest BCUT2D eigenvalue weighted by Crippen LogP contribution is 2.19. The summed E-state index contributed by atoms with van der Waals surface area (Å²) in [6.07, 6.45) is 2.74. The van der Waals surface area contributed by atoms with Gasteiger partial charge in [-0.25, -0.2) is 4.79 Å². The molecule has 5 N–H and O–H groups in total. The van der Waals surface area contributed by atoms with E-state index >= 15 is 0 Å². The van der Waals surface area contributed by atoms with Crippen LogP contribution < -0.4 is 26.6 Å². The number of carbonyl (C=O) groups is 6. The first-order valence-corrected chi connectivity index (χ1v) is 21.5. The molecule has 0 saturated carbocycles. The molecular formula is C45H69N5O12. The van der Waals surface area contributed by atoms with Gasteiger partial charge in [0, 0.05) is 39.0 Å². The first-order chi connectivity index (χ1) is 29.9. The van der Waals surface area contributed by atoms with Gasteiger partial charge in [-0.15, -0.1) is 0 Å². The second-order valence-electron chi connectivity index (χ2n) is 15.5. The van der Waals surface area contributed by atoms with E-state index in [1.54, 1.807) is 0 Å². The second-order valence-corrected chi connectivity index (χ2v) is 15.5. The topological polar surface area (TPSA) is 218 Å². The normalized spacial score (nSPS) is 11.5. The Hall–Kier alpha value is -5.10. The van der Waals surface area contributed by atoms with Crippen LogP contribution in [0.15, 0.2) is 60.7 Å². The summed E-state index contributed by atoms with van der Waals surface area (Å²) < 4.78 is 32.2. The van der Waals surface area contributed by atoms with E-state index in [9.17, 15) is 28.8 Å². The van der Waals surface area contributed by atoms with E-state index in [0.29, 0.717) is 58.7 Å². The van der Waals surface area contributed by atoms with Gasteiger partial charge in [0.1, 0.15) is 25.7 Å². The molecule has 0 fully saturated rings. The summed E-state index contributed by atoms with van der Waals surface area (Å²) in [7, 11) is 0. The van der Waals surface area contributed by atoms with Crippen molar-refractivity contribution in [3.05, 3.63) is 71.8 Å². The molecule has 0 aliphatic heterocycles. The highest BCUT2D eigenvalue weighted by Gasteiger charge is 2.21. The van der Waals surface area contributed by atoms with Crippen molar-refractivity contribution in [3.8, 4) is 0 Å². The number of esters is 1. The van der Waals surface area contributed by atoms with E-state index in [2.05, 4.69) is 47.4 Å². The smallest absolute Gasteiger partial charge is 0.408 e. The van der Waals surface area contributed by atoms with Crippen LogP contribution in [0.25, 0.3) is 0 Å². The van der Waals surface area contributed by atoms with Crippen LogP contribution in [0.3, 0.4) is 0 Å². The van der Waals surface area contributed by atoms with E-state index < -0.39 is 24.0 Å². The zero-order valence-corrected chi connectivity index (χ0v) is 36.8. The van der Waals surface area contributed by atoms with Crippen molar-refractivity contribution in [2.75, 3.05) is 79.0 Å². The molecule has 5 amide bonds. The maximum absolute atomic E-state index is 12.9. The number of carbonyl (C=O) groups excluding carboxylic acids is 6. The van der Waals surface area contributed by atoms with Gasteiger partial charge in [-0.05, 0) is 48.6 Å². The summed E-state index contributed by atoms with van der Waals surface area (Å²) >= 11 is 0. The number of ether oxygens (including phenoxy) is 6. The maximum atomic E-state index is 12.9. The summed E-state index contributed by atoms with van der Waals surface area (Å²) in [6.45, 7) is 10.4. The molecular weight excluding hydrogens is 803 g/mol. The van der Waals surface area contributed by atoms with Crippen LogP contribution in [0, 0.1) is 5.41 Å². The van der Waals surface area contributed by atoms with Gasteiger partial charge in [-0.1, -0.05) is 81.4 Å². The van der Waals surface area contributed by atoms with Gasteiger partial charge in [-0.2, -0.15) is 0 Å². The average Bonchev–Trinajstić information content (AvgIpc) is 3.25. The molecule has 346 valence electrons. The number of amides is 5. The highest BCUT2D eigenvalue weighted by atomic mass is 16.6. The van der Waals surface area contributed by atoms with Crippen molar-refractivity contribution in [3.63, 3.8) is 0 Å². The van der Waals surface area contributed by atoms with Gasteiger partial charge < -0.3 is 55.0 Å². The van der Waals surface area contributed by atoms with Gasteiger partial charge >= 0.3 is 12.1 Å². The summed E-state index contributed by atoms with van der Waals surface area (Å²) in [4.78, 5) is 73.4. The molecule has 0 radical (unpaired) electrons. The number of alkyl carbamates (subject to hydrolysis) is 1. The van der Waals surface area contributed by atoms with Gasteiger partial charge in [0.2, 0.25) is 23.6 Å². The molecule has 0 aliphatic carbocycles. The van der Waals surface area contributed by atoms with Crippen LogP contribution in [-0.4, -0.2) is 121 Å². The monoisotopic (exact) mass is 871 g/mol. The fourth-order valence-electron chi connectivity index (χ4n) is 5.49. The molecule has 0 unspecified atom stereocenters. The minimum Gasteiger partial charge on any atom is -0.460 e. The lowest BCUT2D eigenvalue weighted by atomic mass is 9.91. The molecule has 17 heteroatoms. The summed E-state index contributed by atoms with van der Waals surface area (Å²) in [5.74, 6) is -1.64. The molecule has 0 bridgehead atoms. The zero-order valence-electron chi connectivity index (χ0n) is 36.8. The van der Waals surface area contributed by atoms with Crippen molar-refractivity contribution >= 4 is 35.7 Å². The SMILES string of the molecule is CC(C)(C)CCCNC(=O)[C@H](CCCCNC(=O)CCOCCOCCNC(=O)CCOCCOCCNC(=O)CC(=O)OCc1ccccc1)NC(=O)OCc1ccccc1. The van der Waals surface area contributed by atoms with Crippen LogP contribution in [0.4, 0.5) is 4.79 Å².